The van der Waals surface area contributed by atoms with Crippen molar-refractivity contribution in [2.75, 3.05) is 0 Å². The fourth-order valence-electron chi connectivity index (χ4n) is 1.50. The lowest BCUT2D eigenvalue weighted by Crippen LogP contribution is -2.24. The van der Waals surface area contributed by atoms with Crippen molar-refractivity contribution >= 4 is 10.0 Å². The van der Waals surface area contributed by atoms with E-state index in [-0.39, 0.29) is 19.0 Å². The Morgan fingerprint density at radius 2 is 2.20 bits per heavy atom. The predicted molar refractivity (Wildman–Crippen MR) is 65.4 cm³/mol. The molecule has 0 aliphatic rings. The van der Waals surface area contributed by atoms with Gasteiger partial charge < -0.3 is 9.63 Å². The summed E-state index contributed by atoms with van der Waals surface area (Å²) in [5.41, 5.74) is 0.292. The summed E-state index contributed by atoms with van der Waals surface area (Å²) in [6, 6.07) is 3.35. The third kappa shape index (κ3) is 3.18. The number of benzene rings is 1. The van der Waals surface area contributed by atoms with Gasteiger partial charge in [-0.3, -0.25) is 0 Å². The topological polar surface area (TPSA) is 105 Å². The molecule has 0 aliphatic heterocycles. The van der Waals surface area contributed by atoms with Gasteiger partial charge in [-0.2, -0.15) is 4.98 Å². The summed E-state index contributed by atoms with van der Waals surface area (Å²) in [7, 11) is -4.08. The first-order valence-electron chi connectivity index (χ1n) is 5.60. The molecule has 0 fully saturated rings. The molecule has 0 spiro atoms. The molecule has 2 N–H and O–H groups in total. The number of nitrogens with one attached hydrogen (secondary N) is 1. The van der Waals surface area contributed by atoms with Crippen LogP contribution in [0.15, 0.2) is 27.6 Å². The van der Waals surface area contributed by atoms with E-state index in [0.29, 0.717) is 11.4 Å². The third-order valence-corrected chi connectivity index (χ3v) is 3.87. The molecular weight excluding hydrogens is 289 g/mol. The smallest absolute Gasteiger partial charge is 0.243 e. The molecule has 7 nitrogen and oxygen atoms in total. The molecule has 0 saturated heterocycles. The van der Waals surface area contributed by atoms with E-state index in [1.807, 2.05) is 0 Å². The van der Waals surface area contributed by atoms with E-state index in [2.05, 4.69) is 14.9 Å². The maximum absolute atomic E-state index is 13.6. The lowest BCUT2D eigenvalue weighted by atomic mass is 10.2. The first-order chi connectivity index (χ1) is 9.42. The minimum Gasteiger partial charge on any atom is -0.392 e. The second kappa shape index (κ2) is 5.65. The molecule has 0 aliphatic carbocycles. The number of aryl methyl sites for hydroxylation is 1. The highest BCUT2D eigenvalue weighted by Crippen LogP contribution is 2.16. The van der Waals surface area contributed by atoms with Crippen LogP contribution in [0.3, 0.4) is 0 Å². The average molecular weight is 301 g/mol. The van der Waals surface area contributed by atoms with Gasteiger partial charge in [0.2, 0.25) is 15.9 Å². The monoisotopic (exact) mass is 301 g/mol. The number of hydrogen-bond donors (Lipinski definition) is 2. The summed E-state index contributed by atoms with van der Waals surface area (Å²) in [5.74, 6) is -0.464. The molecule has 2 rings (SSSR count). The third-order valence-electron chi connectivity index (χ3n) is 2.45. The summed E-state index contributed by atoms with van der Waals surface area (Å²) >= 11 is 0. The van der Waals surface area contributed by atoms with Gasteiger partial charge in [-0.25, -0.2) is 17.5 Å². The molecule has 1 aromatic carbocycles. The average Bonchev–Trinajstić information content (AvgIpc) is 2.83. The van der Waals surface area contributed by atoms with Crippen molar-refractivity contribution in [1.29, 1.82) is 0 Å². The molecule has 0 amide bonds. The fraction of sp³-hybridized carbons (Fsp3) is 0.273. The minimum absolute atomic E-state index is 0.0739. The Labute approximate surface area is 114 Å². The zero-order valence-corrected chi connectivity index (χ0v) is 11.3. The molecule has 0 atom stereocenters. The Bertz CT molecular complexity index is 714. The highest BCUT2D eigenvalue weighted by molar-refractivity contribution is 7.89. The first-order valence-corrected chi connectivity index (χ1v) is 7.09. The molecule has 0 bridgehead atoms. The minimum atomic E-state index is -4.08. The van der Waals surface area contributed by atoms with Crippen LogP contribution in [0.25, 0.3) is 0 Å². The van der Waals surface area contributed by atoms with Gasteiger partial charge in [0.25, 0.3) is 0 Å². The molecule has 1 aromatic heterocycles. The maximum atomic E-state index is 13.6. The van der Waals surface area contributed by atoms with E-state index in [1.54, 1.807) is 6.92 Å². The van der Waals surface area contributed by atoms with E-state index in [4.69, 9.17) is 9.63 Å². The Morgan fingerprint density at radius 3 is 2.80 bits per heavy atom. The largest absolute Gasteiger partial charge is 0.392 e. The fourth-order valence-corrected chi connectivity index (χ4v) is 2.60. The number of aliphatic hydroxyl groups is 1. The van der Waals surface area contributed by atoms with E-state index in [0.717, 1.165) is 12.1 Å². The highest BCUT2D eigenvalue weighted by Gasteiger charge is 2.20. The van der Waals surface area contributed by atoms with Gasteiger partial charge in [-0.05, 0) is 24.6 Å². The van der Waals surface area contributed by atoms with Crippen LogP contribution in [-0.2, 0) is 23.2 Å². The van der Waals surface area contributed by atoms with E-state index < -0.39 is 20.7 Å². The molecule has 1 heterocycles. The summed E-state index contributed by atoms with van der Waals surface area (Å²) in [6.45, 7) is 0.962. The molecule has 0 unspecified atom stereocenters. The Morgan fingerprint density at radius 1 is 1.45 bits per heavy atom. The summed E-state index contributed by atoms with van der Waals surface area (Å²) in [5, 5.41) is 12.5. The molecule has 0 radical (unpaired) electrons. The van der Waals surface area contributed by atoms with Crippen LogP contribution in [0, 0.1) is 12.7 Å². The summed E-state index contributed by atoms with van der Waals surface area (Å²) in [4.78, 5) is 3.28. The second-order valence-corrected chi connectivity index (χ2v) is 5.72. The molecule has 20 heavy (non-hydrogen) atoms. The van der Waals surface area contributed by atoms with Gasteiger partial charge >= 0.3 is 0 Å². The van der Waals surface area contributed by atoms with E-state index in [9.17, 15) is 12.8 Å². The number of sulfonamides is 1. The Hall–Kier alpha value is -1.84. The predicted octanol–water partition coefficient (Wildman–Crippen LogP) is 0.488. The van der Waals surface area contributed by atoms with Crippen molar-refractivity contribution in [1.82, 2.24) is 14.9 Å². The lowest BCUT2D eigenvalue weighted by molar-refractivity contribution is 0.281. The van der Waals surface area contributed by atoms with Gasteiger partial charge in [0, 0.05) is 0 Å². The molecule has 9 heteroatoms. The summed E-state index contributed by atoms with van der Waals surface area (Å²) < 4.78 is 44.4. The number of halogens is 1. The van der Waals surface area contributed by atoms with Crippen molar-refractivity contribution in [2.24, 2.45) is 0 Å². The standard InChI is InChI=1S/C11H12FN3O4S/c1-7-14-11(19-15-7)5-13-20(17,18)10-4-8(6-16)2-3-9(10)12/h2-4,13,16H,5-6H2,1H3. The van der Waals surface area contributed by atoms with Crippen molar-refractivity contribution < 1.29 is 22.4 Å². The highest BCUT2D eigenvalue weighted by atomic mass is 32.2. The Kier molecular flexibility index (Phi) is 4.12. The lowest BCUT2D eigenvalue weighted by Gasteiger charge is -2.07. The van der Waals surface area contributed by atoms with E-state index >= 15 is 0 Å². The molecular formula is C11H12FN3O4S. The molecule has 2 aromatic rings. The summed E-state index contributed by atoms with van der Waals surface area (Å²) in [6.07, 6.45) is 0. The molecule has 0 saturated carbocycles. The normalized spacial score (nSPS) is 11.8. The van der Waals surface area contributed by atoms with Crippen LogP contribution in [-0.4, -0.2) is 23.7 Å². The zero-order chi connectivity index (χ0) is 14.8. The number of aliphatic hydroxyl groups excluding tert-OH is 1. The van der Waals surface area contributed by atoms with Crippen molar-refractivity contribution in [3.63, 3.8) is 0 Å². The second-order valence-electron chi connectivity index (χ2n) is 3.98. The number of rotatable bonds is 5. The van der Waals surface area contributed by atoms with Crippen molar-refractivity contribution in [3.05, 3.63) is 41.3 Å². The van der Waals surface area contributed by atoms with Crippen LogP contribution in [0.5, 0.6) is 0 Å². The van der Waals surface area contributed by atoms with Gasteiger partial charge in [-0.1, -0.05) is 11.2 Å². The van der Waals surface area contributed by atoms with Gasteiger partial charge in [0.05, 0.1) is 13.2 Å². The Balaban J connectivity index is 2.21. The van der Waals surface area contributed by atoms with Crippen LogP contribution in [0.4, 0.5) is 4.39 Å². The van der Waals surface area contributed by atoms with Crippen LogP contribution >= 0.6 is 0 Å². The first kappa shape index (κ1) is 14.6. The number of nitrogens with zero attached hydrogens (tertiary/aromatic N) is 2. The van der Waals surface area contributed by atoms with Crippen LogP contribution < -0.4 is 4.72 Å². The van der Waals surface area contributed by atoms with Crippen molar-refractivity contribution in [3.8, 4) is 0 Å². The van der Waals surface area contributed by atoms with Gasteiger partial charge in [-0.15, -0.1) is 0 Å². The maximum Gasteiger partial charge on any atom is 0.243 e. The van der Waals surface area contributed by atoms with Crippen LogP contribution in [0.1, 0.15) is 17.3 Å². The van der Waals surface area contributed by atoms with Crippen molar-refractivity contribution in [2.45, 2.75) is 25.0 Å². The SMILES string of the molecule is Cc1noc(CNS(=O)(=O)c2cc(CO)ccc2F)n1. The zero-order valence-electron chi connectivity index (χ0n) is 10.5. The molecule has 108 valence electrons. The number of hydrogen-bond acceptors (Lipinski definition) is 6. The van der Waals surface area contributed by atoms with Gasteiger partial charge in [0.15, 0.2) is 5.82 Å². The van der Waals surface area contributed by atoms with Gasteiger partial charge in [0.1, 0.15) is 10.7 Å². The van der Waals surface area contributed by atoms with E-state index in [1.165, 1.54) is 6.07 Å². The quantitative estimate of drug-likeness (QED) is 0.832. The number of aromatic nitrogens is 2. The van der Waals surface area contributed by atoms with Crippen LogP contribution in [0.2, 0.25) is 0 Å².